The largest absolute Gasteiger partial charge is 0.493 e. The van der Waals surface area contributed by atoms with Crippen molar-refractivity contribution in [2.45, 2.75) is 20.8 Å². The molecular weight excluding hydrogens is 374 g/mol. The molecule has 0 bridgehead atoms. The highest BCUT2D eigenvalue weighted by Gasteiger charge is 2.17. The number of nitrogens with one attached hydrogen (secondary N) is 2. The van der Waals surface area contributed by atoms with Crippen molar-refractivity contribution in [2.75, 3.05) is 0 Å². The van der Waals surface area contributed by atoms with Crippen LogP contribution in [0, 0.1) is 20.8 Å². The van der Waals surface area contributed by atoms with Crippen molar-refractivity contribution < 1.29 is 9.90 Å². The maximum atomic E-state index is 12.4. The summed E-state index contributed by atoms with van der Waals surface area (Å²) in [5.74, 6) is -1.09. The van der Waals surface area contributed by atoms with Crippen LogP contribution in [0.4, 0.5) is 0 Å². The summed E-state index contributed by atoms with van der Waals surface area (Å²) in [6.07, 6.45) is 3.90. The van der Waals surface area contributed by atoms with E-state index >= 15 is 0 Å². The number of carbonyl (C=O) groups is 1. The average Bonchev–Trinajstić information content (AvgIpc) is 2.66. The van der Waals surface area contributed by atoms with Crippen LogP contribution in [0.3, 0.4) is 0 Å². The first kappa shape index (κ1) is 19.7. The van der Waals surface area contributed by atoms with Crippen LogP contribution in [-0.4, -0.2) is 31.8 Å². The fourth-order valence-corrected chi connectivity index (χ4v) is 3.11. The number of aryl methyl sites for hydroxylation is 3. The Bertz CT molecular complexity index is 1200. The summed E-state index contributed by atoms with van der Waals surface area (Å²) >= 11 is 0. The molecule has 0 aliphatic carbocycles. The standard InChI is InChI=1S/C20H19N5O4/c1-11-8-12(2)16(13(3)9-11)25-19(28)15(18(27)23-20(25)29)10-22-24-17(26)14-4-6-21-7-5-14/h4-10,28H,1-3H3,(H,24,26)(H,23,27,29). The first-order valence-corrected chi connectivity index (χ1v) is 8.69. The number of carbonyl (C=O) groups excluding carboxylic acids is 1. The van der Waals surface area contributed by atoms with Gasteiger partial charge in [-0.3, -0.25) is 19.6 Å². The van der Waals surface area contributed by atoms with Gasteiger partial charge in [0, 0.05) is 18.0 Å². The molecule has 1 amide bonds. The minimum Gasteiger partial charge on any atom is -0.493 e. The summed E-state index contributed by atoms with van der Waals surface area (Å²) in [6, 6.07) is 6.72. The van der Waals surface area contributed by atoms with Crippen LogP contribution >= 0.6 is 0 Å². The highest BCUT2D eigenvalue weighted by molar-refractivity contribution is 5.94. The van der Waals surface area contributed by atoms with E-state index in [1.807, 2.05) is 19.1 Å². The Balaban J connectivity index is 2.02. The van der Waals surface area contributed by atoms with E-state index in [0.717, 1.165) is 27.5 Å². The van der Waals surface area contributed by atoms with Crippen LogP contribution in [0.25, 0.3) is 5.69 Å². The quantitative estimate of drug-likeness (QED) is 0.455. The molecule has 2 aromatic heterocycles. The molecule has 3 aromatic rings. The average molecular weight is 393 g/mol. The first-order chi connectivity index (χ1) is 13.8. The van der Waals surface area contributed by atoms with Gasteiger partial charge in [0.2, 0.25) is 5.88 Å². The summed E-state index contributed by atoms with van der Waals surface area (Å²) in [5.41, 5.74) is 3.68. The van der Waals surface area contributed by atoms with Crippen LogP contribution in [0.2, 0.25) is 0 Å². The number of hydrazone groups is 1. The molecule has 148 valence electrons. The minimum atomic E-state index is -0.826. The molecule has 0 aliphatic rings. The van der Waals surface area contributed by atoms with Gasteiger partial charge in [0.25, 0.3) is 11.5 Å². The lowest BCUT2D eigenvalue weighted by Crippen LogP contribution is -2.32. The third kappa shape index (κ3) is 3.98. The maximum absolute atomic E-state index is 12.4. The SMILES string of the molecule is Cc1cc(C)c(-n2c(O)c(C=NNC(=O)c3ccncc3)c(=O)[nH]c2=O)c(C)c1. The molecule has 9 heteroatoms. The van der Waals surface area contributed by atoms with Crippen molar-refractivity contribution in [1.82, 2.24) is 20.0 Å². The molecule has 9 nitrogen and oxygen atoms in total. The predicted molar refractivity (Wildman–Crippen MR) is 108 cm³/mol. The third-order valence-corrected chi connectivity index (χ3v) is 4.28. The number of H-pyrrole nitrogens is 1. The number of amides is 1. The molecule has 0 spiro atoms. The van der Waals surface area contributed by atoms with Gasteiger partial charge in [0.05, 0.1) is 11.9 Å². The second kappa shape index (κ2) is 7.93. The molecule has 1 aromatic carbocycles. The summed E-state index contributed by atoms with van der Waals surface area (Å²) in [5, 5.41) is 14.4. The number of hydrogen-bond acceptors (Lipinski definition) is 6. The van der Waals surface area contributed by atoms with Gasteiger partial charge < -0.3 is 5.11 Å². The molecule has 0 radical (unpaired) electrons. The van der Waals surface area contributed by atoms with Crippen molar-refractivity contribution >= 4 is 12.1 Å². The van der Waals surface area contributed by atoms with Crippen molar-refractivity contribution in [3.63, 3.8) is 0 Å². The Morgan fingerprint density at radius 2 is 1.79 bits per heavy atom. The lowest BCUT2D eigenvalue weighted by molar-refractivity contribution is 0.0955. The molecular formula is C20H19N5O4. The summed E-state index contributed by atoms with van der Waals surface area (Å²) in [6.45, 7) is 5.52. The van der Waals surface area contributed by atoms with Crippen LogP contribution in [-0.2, 0) is 0 Å². The van der Waals surface area contributed by atoms with Crippen LogP contribution in [0.1, 0.15) is 32.6 Å². The van der Waals surface area contributed by atoms with Crippen molar-refractivity contribution in [3.8, 4) is 11.6 Å². The fraction of sp³-hybridized carbons (Fsp3) is 0.150. The van der Waals surface area contributed by atoms with E-state index in [0.29, 0.717) is 11.3 Å². The van der Waals surface area contributed by atoms with E-state index in [1.54, 1.807) is 13.8 Å². The summed E-state index contributed by atoms with van der Waals surface area (Å²) in [7, 11) is 0. The van der Waals surface area contributed by atoms with E-state index in [1.165, 1.54) is 24.5 Å². The summed E-state index contributed by atoms with van der Waals surface area (Å²) in [4.78, 5) is 42.6. The highest BCUT2D eigenvalue weighted by Crippen LogP contribution is 2.23. The van der Waals surface area contributed by atoms with Gasteiger partial charge >= 0.3 is 5.69 Å². The van der Waals surface area contributed by atoms with E-state index in [9.17, 15) is 19.5 Å². The minimum absolute atomic E-state index is 0.265. The van der Waals surface area contributed by atoms with Crippen LogP contribution in [0.15, 0.2) is 51.3 Å². The van der Waals surface area contributed by atoms with Gasteiger partial charge in [-0.25, -0.2) is 14.8 Å². The Kier molecular flexibility index (Phi) is 5.40. The molecule has 0 saturated heterocycles. The number of hydrogen-bond donors (Lipinski definition) is 3. The van der Waals surface area contributed by atoms with E-state index < -0.39 is 23.0 Å². The topological polar surface area (TPSA) is 129 Å². The lowest BCUT2D eigenvalue weighted by atomic mass is 10.0. The molecule has 0 fully saturated rings. The van der Waals surface area contributed by atoms with E-state index in [4.69, 9.17) is 0 Å². The van der Waals surface area contributed by atoms with Crippen LogP contribution in [0.5, 0.6) is 5.88 Å². The normalized spacial score (nSPS) is 11.0. The number of rotatable bonds is 4. The van der Waals surface area contributed by atoms with E-state index in [2.05, 4.69) is 20.5 Å². The zero-order chi connectivity index (χ0) is 21.1. The van der Waals surface area contributed by atoms with Gasteiger partial charge in [-0.15, -0.1) is 0 Å². The Hall–Kier alpha value is -4.01. The zero-order valence-corrected chi connectivity index (χ0v) is 16.1. The zero-order valence-electron chi connectivity index (χ0n) is 16.1. The van der Waals surface area contributed by atoms with Crippen molar-refractivity contribution in [1.29, 1.82) is 0 Å². The lowest BCUT2D eigenvalue weighted by Gasteiger charge is -2.15. The number of aromatic hydroxyl groups is 1. The number of aromatic nitrogens is 3. The second-order valence-electron chi connectivity index (χ2n) is 6.51. The molecule has 0 unspecified atom stereocenters. The van der Waals surface area contributed by atoms with Crippen LogP contribution < -0.4 is 16.7 Å². The molecule has 0 saturated carbocycles. The number of nitrogens with zero attached hydrogens (tertiary/aromatic N) is 3. The predicted octanol–water partition coefficient (Wildman–Crippen LogP) is 1.32. The number of benzene rings is 1. The molecule has 3 N–H and O–H groups in total. The Morgan fingerprint density at radius 1 is 1.17 bits per heavy atom. The molecule has 2 heterocycles. The number of pyridine rings is 1. The fourth-order valence-electron chi connectivity index (χ4n) is 3.11. The third-order valence-electron chi connectivity index (χ3n) is 4.28. The molecule has 29 heavy (non-hydrogen) atoms. The van der Waals surface area contributed by atoms with Crippen molar-refractivity contribution in [3.05, 3.63) is 85.3 Å². The second-order valence-corrected chi connectivity index (χ2v) is 6.51. The van der Waals surface area contributed by atoms with Gasteiger partial charge in [-0.05, 0) is 44.0 Å². The monoisotopic (exact) mass is 393 g/mol. The smallest absolute Gasteiger partial charge is 0.335 e. The van der Waals surface area contributed by atoms with Gasteiger partial charge in [0.15, 0.2) is 0 Å². The first-order valence-electron chi connectivity index (χ1n) is 8.69. The highest BCUT2D eigenvalue weighted by atomic mass is 16.3. The van der Waals surface area contributed by atoms with Crippen molar-refractivity contribution in [2.24, 2.45) is 5.10 Å². The maximum Gasteiger partial charge on any atom is 0.335 e. The molecule has 0 atom stereocenters. The molecule has 3 rings (SSSR count). The summed E-state index contributed by atoms with van der Waals surface area (Å²) < 4.78 is 1.01. The van der Waals surface area contributed by atoms with Gasteiger partial charge in [-0.2, -0.15) is 5.10 Å². The molecule has 0 aliphatic heterocycles. The Labute approximate surface area is 165 Å². The van der Waals surface area contributed by atoms with Gasteiger partial charge in [0.1, 0.15) is 5.56 Å². The Morgan fingerprint density at radius 3 is 2.41 bits per heavy atom. The number of aromatic amines is 1. The van der Waals surface area contributed by atoms with E-state index in [-0.39, 0.29) is 5.56 Å². The van der Waals surface area contributed by atoms with Gasteiger partial charge in [-0.1, -0.05) is 17.7 Å².